The summed E-state index contributed by atoms with van der Waals surface area (Å²) in [4.78, 5) is 11.1. The number of sulfonamides is 1. The van der Waals surface area contributed by atoms with Crippen molar-refractivity contribution in [2.24, 2.45) is 5.73 Å². The Morgan fingerprint density at radius 2 is 1.72 bits per heavy atom. The summed E-state index contributed by atoms with van der Waals surface area (Å²) in [6, 6.07) is 4.46. The second kappa shape index (κ2) is 4.94. The third-order valence-electron chi connectivity index (χ3n) is 1.95. The first kappa shape index (κ1) is 14.5. The Labute approximate surface area is 101 Å². The van der Waals surface area contributed by atoms with Gasteiger partial charge in [0, 0.05) is 11.3 Å². The van der Waals surface area contributed by atoms with E-state index in [-0.39, 0.29) is 17.8 Å². The molecule has 1 aromatic rings. The zero-order valence-electron chi connectivity index (χ0n) is 8.86. The Bertz CT molecular complexity index is 537. The number of nitrogens with two attached hydrogens (primary N) is 1. The second-order valence-corrected chi connectivity index (χ2v) is 4.93. The molecule has 0 saturated carbocycles. The summed E-state index contributed by atoms with van der Waals surface area (Å²) >= 11 is 0. The predicted molar refractivity (Wildman–Crippen MR) is 58.4 cm³/mol. The molecule has 9 heteroatoms. The Morgan fingerprint density at radius 1 is 1.22 bits per heavy atom. The number of hydrogen-bond donors (Lipinski definition) is 2. The largest absolute Gasteiger partial charge is 0.516 e. The van der Waals surface area contributed by atoms with Crippen molar-refractivity contribution in [1.82, 2.24) is 0 Å². The van der Waals surface area contributed by atoms with Gasteiger partial charge in [-0.2, -0.15) is 21.6 Å². The van der Waals surface area contributed by atoms with Gasteiger partial charge in [-0.05, 0) is 24.3 Å². The van der Waals surface area contributed by atoms with Crippen LogP contribution >= 0.6 is 0 Å². The van der Waals surface area contributed by atoms with E-state index in [1.807, 2.05) is 0 Å². The number of carbonyl (C=O) groups is 1. The van der Waals surface area contributed by atoms with Crippen molar-refractivity contribution in [2.45, 2.75) is 5.51 Å². The molecule has 0 spiro atoms. The van der Waals surface area contributed by atoms with Crippen LogP contribution in [0.25, 0.3) is 0 Å². The molecule has 18 heavy (non-hydrogen) atoms. The van der Waals surface area contributed by atoms with Crippen molar-refractivity contribution in [2.75, 3.05) is 11.3 Å². The molecule has 0 fully saturated rings. The van der Waals surface area contributed by atoms with Crippen molar-refractivity contribution >= 4 is 21.5 Å². The minimum atomic E-state index is -5.45. The summed E-state index contributed by atoms with van der Waals surface area (Å²) in [7, 11) is -5.45. The fraction of sp³-hybridized carbons (Fsp3) is 0.222. The number of carbonyl (C=O) groups excluding carboxylic acids is 1. The summed E-state index contributed by atoms with van der Waals surface area (Å²) in [6.07, 6.45) is 0. The fourth-order valence-electron chi connectivity index (χ4n) is 1.06. The van der Waals surface area contributed by atoms with E-state index in [0.717, 1.165) is 12.1 Å². The molecule has 3 N–H and O–H groups in total. The molecule has 0 amide bonds. The first-order chi connectivity index (χ1) is 8.17. The second-order valence-electron chi connectivity index (χ2n) is 3.26. The molecule has 0 bridgehead atoms. The average Bonchev–Trinajstić information content (AvgIpc) is 2.27. The maximum absolute atomic E-state index is 12.1. The van der Waals surface area contributed by atoms with Crippen LogP contribution in [0.4, 0.5) is 18.9 Å². The van der Waals surface area contributed by atoms with E-state index in [1.54, 1.807) is 0 Å². The van der Waals surface area contributed by atoms with Crippen molar-refractivity contribution in [3.63, 3.8) is 0 Å². The number of nitrogens with one attached hydrogen (secondary N) is 1. The van der Waals surface area contributed by atoms with Crippen molar-refractivity contribution in [3.05, 3.63) is 29.8 Å². The number of alkyl halides is 3. The lowest BCUT2D eigenvalue weighted by molar-refractivity contribution is -0.0429. The van der Waals surface area contributed by atoms with Gasteiger partial charge in [0.15, 0.2) is 5.78 Å². The number of rotatable bonds is 4. The van der Waals surface area contributed by atoms with Crippen LogP contribution in [0.5, 0.6) is 0 Å². The molecule has 0 aliphatic rings. The maximum Gasteiger partial charge on any atom is 0.516 e. The number of hydrogen-bond acceptors (Lipinski definition) is 4. The normalized spacial score (nSPS) is 12.2. The van der Waals surface area contributed by atoms with E-state index >= 15 is 0 Å². The van der Waals surface area contributed by atoms with Gasteiger partial charge in [-0.1, -0.05) is 0 Å². The fourth-order valence-corrected chi connectivity index (χ4v) is 1.62. The lowest BCUT2D eigenvalue weighted by Gasteiger charge is -2.10. The van der Waals surface area contributed by atoms with Gasteiger partial charge in [0.05, 0.1) is 6.54 Å². The van der Waals surface area contributed by atoms with Crippen LogP contribution < -0.4 is 10.5 Å². The first-order valence-electron chi connectivity index (χ1n) is 4.60. The van der Waals surface area contributed by atoms with Gasteiger partial charge >= 0.3 is 15.5 Å². The summed E-state index contributed by atoms with van der Waals surface area (Å²) < 4.78 is 59.1. The minimum Gasteiger partial charge on any atom is -0.324 e. The highest BCUT2D eigenvalue weighted by Crippen LogP contribution is 2.25. The van der Waals surface area contributed by atoms with E-state index < -0.39 is 21.3 Å². The van der Waals surface area contributed by atoms with Gasteiger partial charge in [-0.15, -0.1) is 0 Å². The highest BCUT2D eigenvalue weighted by Gasteiger charge is 2.45. The molecule has 0 radical (unpaired) electrons. The van der Waals surface area contributed by atoms with Crippen LogP contribution in [0.3, 0.4) is 0 Å². The molecule has 0 heterocycles. The Hall–Kier alpha value is -1.61. The average molecular weight is 282 g/mol. The van der Waals surface area contributed by atoms with Crippen molar-refractivity contribution < 1.29 is 26.4 Å². The quantitative estimate of drug-likeness (QED) is 0.809. The molecule has 0 aliphatic heterocycles. The molecule has 1 rings (SSSR count). The summed E-state index contributed by atoms with van der Waals surface area (Å²) in [5.74, 6) is -0.403. The molecule has 0 saturated heterocycles. The zero-order chi connectivity index (χ0) is 14.0. The van der Waals surface area contributed by atoms with E-state index in [1.165, 1.54) is 16.9 Å². The molecule has 1 aromatic carbocycles. The third-order valence-corrected chi connectivity index (χ3v) is 3.06. The minimum absolute atomic E-state index is 0.187. The molecule has 5 nitrogen and oxygen atoms in total. The number of Topliss-reactive ketones (excluding diaryl/α,β-unsaturated/α-hetero) is 1. The standard InChI is InChI=1S/C9H9F3N2O3S/c10-9(11,12)18(16,17)14-7-3-1-6(2-4-7)8(15)5-13/h1-4,14H,5,13H2. The Kier molecular flexibility index (Phi) is 3.97. The number of halogens is 3. The highest BCUT2D eigenvalue weighted by atomic mass is 32.2. The molecular formula is C9H9F3N2O3S. The Morgan fingerprint density at radius 3 is 2.11 bits per heavy atom. The highest BCUT2D eigenvalue weighted by molar-refractivity contribution is 7.93. The van der Waals surface area contributed by atoms with Gasteiger partial charge in [-0.25, -0.2) is 0 Å². The van der Waals surface area contributed by atoms with Crippen LogP contribution in [-0.4, -0.2) is 26.3 Å². The van der Waals surface area contributed by atoms with Gasteiger partial charge in [0.1, 0.15) is 0 Å². The molecular weight excluding hydrogens is 273 g/mol. The van der Waals surface area contributed by atoms with Crippen LogP contribution in [0.1, 0.15) is 10.4 Å². The number of ketones is 1. The van der Waals surface area contributed by atoms with Crippen molar-refractivity contribution in [1.29, 1.82) is 0 Å². The van der Waals surface area contributed by atoms with E-state index in [9.17, 15) is 26.4 Å². The lowest BCUT2D eigenvalue weighted by atomic mass is 10.1. The SMILES string of the molecule is NCC(=O)c1ccc(NS(=O)(=O)C(F)(F)F)cc1. The topological polar surface area (TPSA) is 89.3 Å². The molecule has 0 aliphatic carbocycles. The lowest BCUT2D eigenvalue weighted by Crippen LogP contribution is -2.29. The smallest absolute Gasteiger partial charge is 0.324 e. The van der Waals surface area contributed by atoms with E-state index in [2.05, 4.69) is 0 Å². The van der Waals surface area contributed by atoms with Crippen LogP contribution in [0.15, 0.2) is 24.3 Å². The Balaban J connectivity index is 2.92. The number of anilines is 1. The molecule has 0 atom stereocenters. The molecule has 0 unspecified atom stereocenters. The number of benzene rings is 1. The van der Waals surface area contributed by atoms with Crippen LogP contribution in [-0.2, 0) is 10.0 Å². The maximum atomic E-state index is 12.1. The van der Waals surface area contributed by atoms with E-state index in [4.69, 9.17) is 5.73 Å². The third kappa shape index (κ3) is 3.20. The van der Waals surface area contributed by atoms with Gasteiger partial charge < -0.3 is 5.73 Å². The predicted octanol–water partition coefficient (Wildman–Crippen LogP) is 1.09. The molecule has 100 valence electrons. The van der Waals surface area contributed by atoms with Crippen molar-refractivity contribution in [3.8, 4) is 0 Å². The van der Waals surface area contributed by atoms with Gasteiger partial charge in [-0.3, -0.25) is 9.52 Å². The first-order valence-corrected chi connectivity index (χ1v) is 6.08. The van der Waals surface area contributed by atoms with E-state index in [0.29, 0.717) is 0 Å². The monoisotopic (exact) mass is 282 g/mol. The zero-order valence-corrected chi connectivity index (χ0v) is 9.68. The van der Waals surface area contributed by atoms with Gasteiger partial charge in [0.2, 0.25) is 0 Å². The summed E-state index contributed by atoms with van der Waals surface area (Å²) in [5.41, 5.74) is -0.402. The van der Waals surface area contributed by atoms with Crippen LogP contribution in [0, 0.1) is 0 Å². The van der Waals surface area contributed by atoms with Gasteiger partial charge in [0.25, 0.3) is 0 Å². The summed E-state index contributed by atoms with van der Waals surface area (Å²) in [5, 5.41) is 0. The summed E-state index contributed by atoms with van der Waals surface area (Å²) in [6.45, 7) is -0.242. The van der Waals surface area contributed by atoms with Crippen LogP contribution in [0.2, 0.25) is 0 Å². The molecule has 0 aromatic heterocycles.